The molecular formula is C13H19ClN4. The van der Waals surface area contributed by atoms with Gasteiger partial charge in [0.2, 0.25) is 0 Å². The molecule has 0 saturated carbocycles. The van der Waals surface area contributed by atoms with Gasteiger partial charge in [0, 0.05) is 31.7 Å². The van der Waals surface area contributed by atoms with Crippen molar-refractivity contribution in [2.75, 3.05) is 31.1 Å². The van der Waals surface area contributed by atoms with Crippen LogP contribution in [0.1, 0.15) is 25.1 Å². The molecule has 2 saturated heterocycles. The normalized spacial score (nSPS) is 25.0. The summed E-state index contributed by atoms with van der Waals surface area (Å²) in [4.78, 5) is 13.7. The largest absolute Gasteiger partial charge is 0.355 e. The van der Waals surface area contributed by atoms with Crippen LogP contribution in [0.25, 0.3) is 0 Å². The molecule has 0 radical (unpaired) electrons. The average Bonchev–Trinajstić information content (AvgIpc) is 2.65. The van der Waals surface area contributed by atoms with Crippen LogP contribution in [0.15, 0.2) is 6.07 Å². The van der Waals surface area contributed by atoms with Crippen molar-refractivity contribution in [3.8, 4) is 0 Å². The molecule has 4 nitrogen and oxygen atoms in total. The zero-order chi connectivity index (χ0) is 12.5. The van der Waals surface area contributed by atoms with Gasteiger partial charge in [0.1, 0.15) is 16.8 Å². The van der Waals surface area contributed by atoms with Crippen molar-refractivity contribution < 1.29 is 0 Å². The number of hydrogen-bond acceptors (Lipinski definition) is 4. The number of anilines is 1. The van der Waals surface area contributed by atoms with Gasteiger partial charge in [-0.05, 0) is 32.7 Å². The first kappa shape index (κ1) is 12.2. The van der Waals surface area contributed by atoms with Gasteiger partial charge < -0.3 is 4.90 Å². The molecule has 1 unspecified atom stereocenters. The highest BCUT2D eigenvalue weighted by atomic mass is 35.5. The van der Waals surface area contributed by atoms with Crippen LogP contribution < -0.4 is 4.90 Å². The van der Waals surface area contributed by atoms with Crippen molar-refractivity contribution in [2.24, 2.45) is 0 Å². The fourth-order valence-electron chi connectivity index (χ4n) is 3.09. The quantitative estimate of drug-likeness (QED) is 0.729. The van der Waals surface area contributed by atoms with Crippen LogP contribution in [0.5, 0.6) is 0 Å². The van der Waals surface area contributed by atoms with E-state index in [4.69, 9.17) is 11.6 Å². The SMILES string of the molecule is Cc1nc(Cl)cc(N2CCCN3CCCC3C2)n1. The minimum absolute atomic E-state index is 0.546. The Balaban J connectivity index is 1.82. The molecule has 2 aliphatic heterocycles. The maximum Gasteiger partial charge on any atom is 0.134 e. The van der Waals surface area contributed by atoms with Crippen LogP contribution >= 0.6 is 11.6 Å². The van der Waals surface area contributed by atoms with Crippen molar-refractivity contribution in [1.29, 1.82) is 0 Å². The van der Waals surface area contributed by atoms with Gasteiger partial charge in [-0.2, -0.15) is 0 Å². The highest BCUT2D eigenvalue weighted by Gasteiger charge is 2.29. The zero-order valence-corrected chi connectivity index (χ0v) is 11.5. The smallest absolute Gasteiger partial charge is 0.134 e. The standard InChI is InChI=1S/C13H19ClN4/c1-10-15-12(14)8-13(16-10)18-7-3-6-17-5-2-4-11(17)9-18/h8,11H,2-7,9H2,1H3. The van der Waals surface area contributed by atoms with E-state index in [1.54, 1.807) is 0 Å². The predicted molar refractivity (Wildman–Crippen MR) is 73.2 cm³/mol. The number of rotatable bonds is 1. The molecule has 0 aliphatic carbocycles. The molecule has 2 fully saturated rings. The Bertz CT molecular complexity index is 417. The van der Waals surface area contributed by atoms with Gasteiger partial charge >= 0.3 is 0 Å². The Morgan fingerprint density at radius 2 is 2.06 bits per heavy atom. The summed E-state index contributed by atoms with van der Waals surface area (Å²) in [6.45, 7) is 6.53. The van der Waals surface area contributed by atoms with E-state index in [0.717, 1.165) is 24.7 Å². The average molecular weight is 267 g/mol. The minimum atomic E-state index is 0.546. The lowest BCUT2D eigenvalue weighted by Crippen LogP contribution is -2.37. The summed E-state index contributed by atoms with van der Waals surface area (Å²) in [7, 11) is 0. The van der Waals surface area contributed by atoms with E-state index in [2.05, 4.69) is 19.8 Å². The summed E-state index contributed by atoms with van der Waals surface area (Å²) < 4.78 is 0. The number of aryl methyl sites for hydroxylation is 1. The van der Waals surface area contributed by atoms with Gasteiger partial charge in [0.05, 0.1) is 0 Å². The molecule has 3 rings (SSSR count). The summed E-state index contributed by atoms with van der Waals surface area (Å²) >= 11 is 6.03. The lowest BCUT2D eigenvalue weighted by molar-refractivity contribution is 0.273. The number of hydrogen-bond donors (Lipinski definition) is 0. The first-order valence-electron chi connectivity index (χ1n) is 6.72. The number of nitrogens with zero attached hydrogens (tertiary/aromatic N) is 4. The third kappa shape index (κ3) is 2.45. The summed E-state index contributed by atoms with van der Waals surface area (Å²) in [6, 6.07) is 2.58. The Morgan fingerprint density at radius 3 is 2.89 bits per heavy atom. The van der Waals surface area contributed by atoms with Crippen LogP contribution in [0, 0.1) is 6.92 Å². The predicted octanol–water partition coefficient (Wildman–Crippen LogP) is 2.11. The minimum Gasteiger partial charge on any atom is -0.355 e. The van der Waals surface area contributed by atoms with Gasteiger partial charge in [-0.15, -0.1) is 0 Å². The Kier molecular flexibility index (Phi) is 3.39. The van der Waals surface area contributed by atoms with Crippen LogP contribution in [0.2, 0.25) is 5.15 Å². The fourth-order valence-corrected chi connectivity index (χ4v) is 3.31. The van der Waals surface area contributed by atoms with Gasteiger partial charge in [-0.25, -0.2) is 9.97 Å². The highest BCUT2D eigenvalue weighted by Crippen LogP contribution is 2.25. The van der Waals surface area contributed by atoms with E-state index in [1.165, 1.54) is 32.4 Å². The van der Waals surface area contributed by atoms with Crippen LogP contribution in [0.4, 0.5) is 5.82 Å². The molecular weight excluding hydrogens is 248 g/mol. The van der Waals surface area contributed by atoms with Gasteiger partial charge in [0.25, 0.3) is 0 Å². The van der Waals surface area contributed by atoms with Crippen molar-refractivity contribution in [2.45, 2.75) is 32.2 Å². The summed E-state index contributed by atoms with van der Waals surface area (Å²) in [5, 5.41) is 0.546. The summed E-state index contributed by atoms with van der Waals surface area (Å²) in [6.07, 6.45) is 3.85. The molecule has 2 aliphatic rings. The van der Waals surface area contributed by atoms with E-state index >= 15 is 0 Å². The van der Waals surface area contributed by atoms with Crippen molar-refractivity contribution in [3.63, 3.8) is 0 Å². The van der Waals surface area contributed by atoms with E-state index in [1.807, 2.05) is 13.0 Å². The van der Waals surface area contributed by atoms with Gasteiger partial charge in [-0.3, -0.25) is 4.90 Å². The first-order chi connectivity index (χ1) is 8.72. The molecule has 3 heterocycles. The van der Waals surface area contributed by atoms with Crippen LogP contribution in [0.3, 0.4) is 0 Å². The second-order valence-electron chi connectivity index (χ2n) is 5.23. The van der Waals surface area contributed by atoms with E-state index < -0.39 is 0 Å². The summed E-state index contributed by atoms with van der Waals surface area (Å²) in [5.74, 6) is 1.74. The van der Waals surface area contributed by atoms with Crippen molar-refractivity contribution in [1.82, 2.24) is 14.9 Å². The van der Waals surface area contributed by atoms with E-state index in [9.17, 15) is 0 Å². The molecule has 0 amide bonds. The van der Waals surface area contributed by atoms with Crippen molar-refractivity contribution in [3.05, 3.63) is 17.0 Å². The van der Waals surface area contributed by atoms with E-state index in [-0.39, 0.29) is 0 Å². The lowest BCUT2D eigenvalue weighted by Gasteiger charge is -2.26. The third-order valence-electron chi connectivity index (χ3n) is 3.92. The van der Waals surface area contributed by atoms with Gasteiger partial charge in [0.15, 0.2) is 0 Å². The molecule has 5 heteroatoms. The first-order valence-corrected chi connectivity index (χ1v) is 7.10. The lowest BCUT2D eigenvalue weighted by atomic mass is 10.2. The molecule has 0 bridgehead atoms. The van der Waals surface area contributed by atoms with Crippen LogP contribution in [-0.2, 0) is 0 Å². The molecule has 18 heavy (non-hydrogen) atoms. The van der Waals surface area contributed by atoms with Crippen molar-refractivity contribution >= 4 is 17.4 Å². The second kappa shape index (κ2) is 5.02. The molecule has 98 valence electrons. The van der Waals surface area contributed by atoms with Crippen LogP contribution in [-0.4, -0.2) is 47.1 Å². The molecule has 0 spiro atoms. The Hall–Kier alpha value is -0.870. The fraction of sp³-hybridized carbons (Fsp3) is 0.692. The maximum absolute atomic E-state index is 6.03. The molecule has 0 N–H and O–H groups in total. The third-order valence-corrected chi connectivity index (χ3v) is 4.11. The number of aromatic nitrogens is 2. The Labute approximate surface area is 113 Å². The monoisotopic (exact) mass is 266 g/mol. The molecule has 1 atom stereocenters. The Morgan fingerprint density at radius 1 is 1.22 bits per heavy atom. The number of fused-ring (bicyclic) bond motifs is 1. The molecule has 1 aromatic rings. The topological polar surface area (TPSA) is 32.3 Å². The highest BCUT2D eigenvalue weighted by molar-refractivity contribution is 6.29. The van der Waals surface area contributed by atoms with E-state index in [0.29, 0.717) is 11.2 Å². The summed E-state index contributed by atoms with van der Waals surface area (Å²) in [5.41, 5.74) is 0. The molecule has 0 aromatic carbocycles. The second-order valence-corrected chi connectivity index (χ2v) is 5.61. The maximum atomic E-state index is 6.03. The zero-order valence-electron chi connectivity index (χ0n) is 10.8. The molecule has 1 aromatic heterocycles. The van der Waals surface area contributed by atoms with Gasteiger partial charge in [-0.1, -0.05) is 11.6 Å². The number of halogens is 1.